The van der Waals surface area contributed by atoms with Crippen LogP contribution in [-0.4, -0.2) is 170 Å². The Morgan fingerprint density at radius 2 is 0.810 bits per heavy atom. The van der Waals surface area contributed by atoms with E-state index in [9.17, 15) is 28.8 Å². The molecule has 6 N–H and O–H groups in total. The molecule has 0 bridgehead atoms. The molecule has 2 unspecified atom stereocenters. The number of carbonyl (C=O) groups is 6. The summed E-state index contributed by atoms with van der Waals surface area (Å²) in [6.45, 7) is 2.52. The second-order valence-electron chi connectivity index (χ2n) is 9.11. The average molecular weight is 609 g/mol. The van der Waals surface area contributed by atoms with Crippen LogP contribution < -0.4 is 10.6 Å². The maximum absolute atomic E-state index is 12.3. The summed E-state index contributed by atoms with van der Waals surface area (Å²) in [7, 11) is 0. The molecular formula is C24H40N4O14. The topological polar surface area (TPSA) is 251 Å². The molecule has 0 radical (unpaired) electrons. The highest BCUT2D eigenvalue weighted by Crippen LogP contribution is 1.98. The number of carboxylic acid groups (broad SMARTS) is 4. The van der Waals surface area contributed by atoms with Gasteiger partial charge in [-0.15, -0.1) is 0 Å². The molecule has 0 spiro atoms. The number of ether oxygens (including phenoxy) is 4. The second-order valence-corrected chi connectivity index (χ2v) is 9.11. The molecule has 0 aromatic carbocycles. The maximum Gasteiger partial charge on any atom is 0.326 e. The molecule has 42 heavy (non-hydrogen) atoms. The quantitative estimate of drug-likeness (QED) is 0.127. The first-order valence-corrected chi connectivity index (χ1v) is 13.2. The molecule has 18 nitrogen and oxygen atoms in total. The van der Waals surface area contributed by atoms with Gasteiger partial charge in [0.05, 0.1) is 78.8 Å². The number of hydrogen-bond acceptors (Lipinski definition) is 12. The number of amides is 2. The third-order valence-corrected chi connectivity index (χ3v) is 5.71. The molecular weight excluding hydrogens is 568 g/mol. The Labute approximate surface area is 241 Å². The minimum Gasteiger partial charge on any atom is -0.481 e. The van der Waals surface area contributed by atoms with E-state index >= 15 is 0 Å². The maximum atomic E-state index is 12.3. The normalized spacial score (nSPS) is 18.9. The van der Waals surface area contributed by atoms with Crippen LogP contribution in [0.15, 0.2) is 0 Å². The fourth-order valence-electron chi connectivity index (χ4n) is 3.59. The van der Waals surface area contributed by atoms with E-state index in [0.717, 1.165) is 0 Å². The number of rotatable bonds is 12. The number of hydrogen-bond donors (Lipinski definition) is 6. The molecule has 0 aliphatic carbocycles. The highest BCUT2D eigenvalue weighted by atomic mass is 16.5. The zero-order valence-corrected chi connectivity index (χ0v) is 23.2. The van der Waals surface area contributed by atoms with Crippen LogP contribution >= 0.6 is 0 Å². The fraction of sp³-hybridized carbons (Fsp3) is 0.750. The SMILES string of the molecule is O=C(O)CC(NC(=O)CN1CCOCCOCCN(CC(=O)NC(CC(=O)O)C(=O)O)CCOCCOCC1)C(=O)O. The monoisotopic (exact) mass is 608 g/mol. The molecule has 1 aliphatic heterocycles. The zero-order valence-electron chi connectivity index (χ0n) is 23.2. The summed E-state index contributed by atoms with van der Waals surface area (Å²) in [5, 5.41) is 40.4. The fourth-order valence-corrected chi connectivity index (χ4v) is 3.59. The van der Waals surface area contributed by atoms with Crippen LogP contribution in [0.25, 0.3) is 0 Å². The lowest BCUT2D eigenvalue weighted by Gasteiger charge is -2.24. The van der Waals surface area contributed by atoms with E-state index in [4.69, 9.17) is 39.4 Å². The Bertz CT molecular complexity index is 799. The third-order valence-electron chi connectivity index (χ3n) is 5.71. The van der Waals surface area contributed by atoms with Crippen LogP contribution in [0.4, 0.5) is 0 Å². The average Bonchev–Trinajstić information content (AvgIpc) is 2.89. The first-order chi connectivity index (χ1) is 20.0. The number of carbonyl (C=O) groups excluding carboxylic acids is 2. The number of aliphatic carboxylic acids is 4. The molecule has 1 heterocycles. The predicted molar refractivity (Wildman–Crippen MR) is 140 cm³/mol. The Kier molecular flexibility index (Phi) is 18.6. The Morgan fingerprint density at radius 1 is 0.524 bits per heavy atom. The summed E-state index contributed by atoms with van der Waals surface area (Å²) in [6.07, 6.45) is -1.51. The van der Waals surface area contributed by atoms with E-state index in [1.807, 2.05) is 0 Å². The van der Waals surface area contributed by atoms with Crippen LogP contribution in [0.1, 0.15) is 12.8 Å². The van der Waals surface area contributed by atoms with E-state index in [0.29, 0.717) is 26.2 Å². The predicted octanol–water partition coefficient (Wildman–Crippen LogP) is -3.24. The lowest BCUT2D eigenvalue weighted by Crippen LogP contribution is -2.47. The van der Waals surface area contributed by atoms with Crippen molar-refractivity contribution in [2.75, 3.05) is 92.1 Å². The molecule has 1 aliphatic rings. The van der Waals surface area contributed by atoms with Gasteiger partial charge in [0.25, 0.3) is 0 Å². The minimum absolute atomic E-state index is 0.198. The van der Waals surface area contributed by atoms with Crippen molar-refractivity contribution in [3.63, 3.8) is 0 Å². The molecule has 2 atom stereocenters. The van der Waals surface area contributed by atoms with Gasteiger partial charge in [0, 0.05) is 26.2 Å². The van der Waals surface area contributed by atoms with Crippen molar-refractivity contribution in [3.8, 4) is 0 Å². The second kappa shape index (κ2) is 21.3. The van der Waals surface area contributed by atoms with E-state index in [2.05, 4.69) is 10.6 Å². The smallest absolute Gasteiger partial charge is 0.326 e. The number of nitrogens with one attached hydrogen (secondary N) is 2. The summed E-state index contributed by atoms with van der Waals surface area (Å²) >= 11 is 0. The molecule has 0 aromatic heterocycles. The van der Waals surface area contributed by atoms with Gasteiger partial charge in [-0.3, -0.25) is 29.0 Å². The molecule has 18 heteroatoms. The highest BCUT2D eigenvalue weighted by Gasteiger charge is 2.25. The van der Waals surface area contributed by atoms with Gasteiger partial charge in [0.2, 0.25) is 11.8 Å². The van der Waals surface area contributed by atoms with E-state index in [1.54, 1.807) is 9.80 Å². The van der Waals surface area contributed by atoms with Gasteiger partial charge in [-0.1, -0.05) is 0 Å². The van der Waals surface area contributed by atoms with E-state index in [1.165, 1.54) is 0 Å². The van der Waals surface area contributed by atoms with Crippen molar-refractivity contribution in [2.24, 2.45) is 0 Å². The lowest BCUT2D eigenvalue weighted by atomic mass is 10.2. The molecule has 1 saturated heterocycles. The molecule has 0 saturated carbocycles. The van der Waals surface area contributed by atoms with Crippen LogP contribution in [-0.2, 0) is 47.7 Å². The van der Waals surface area contributed by atoms with E-state index < -0.39 is 60.6 Å². The number of carboxylic acids is 4. The van der Waals surface area contributed by atoms with Gasteiger partial charge in [-0.2, -0.15) is 0 Å². The van der Waals surface area contributed by atoms with Gasteiger partial charge in [0.1, 0.15) is 12.1 Å². The van der Waals surface area contributed by atoms with Crippen LogP contribution in [0.2, 0.25) is 0 Å². The molecule has 2 amide bonds. The zero-order chi connectivity index (χ0) is 31.3. The Morgan fingerprint density at radius 3 is 1.05 bits per heavy atom. The Balaban J connectivity index is 2.58. The van der Waals surface area contributed by atoms with Crippen molar-refractivity contribution >= 4 is 35.7 Å². The highest BCUT2D eigenvalue weighted by molar-refractivity contribution is 5.88. The largest absolute Gasteiger partial charge is 0.481 e. The molecule has 240 valence electrons. The Hall–Kier alpha value is -3.42. The van der Waals surface area contributed by atoms with Crippen molar-refractivity contribution in [2.45, 2.75) is 24.9 Å². The van der Waals surface area contributed by atoms with Crippen molar-refractivity contribution in [1.29, 1.82) is 0 Å². The van der Waals surface area contributed by atoms with Gasteiger partial charge in [0.15, 0.2) is 0 Å². The summed E-state index contributed by atoms with van der Waals surface area (Å²) in [5.41, 5.74) is 0. The summed E-state index contributed by atoms with van der Waals surface area (Å²) in [4.78, 5) is 72.2. The first kappa shape index (κ1) is 36.6. The van der Waals surface area contributed by atoms with Crippen LogP contribution in [0.5, 0.6) is 0 Å². The van der Waals surface area contributed by atoms with Crippen molar-refractivity contribution in [3.05, 3.63) is 0 Å². The standard InChI is InChI=1S/C24H40N4O14/c29-19(25-17(23(35)36)13-21(31)32)15-27-1-5-39-9-10-41-7-3-28(4-8-42-12-11-40-6-2-27)16-20(30)26-18(24(37)38)14-22(33)34/h17-18H,1-16H2,(H,25,29)(H,26,30)(H,31,32)(H,33,34)(H,35,36)(H,37,38). The van der Waals surface area contributed by atoms with Gasteiger partial charge in [-0.25, -0.2) is 9.59 Å². The first-order valence-electron chi connectivity index (χ1n) is 13.2. The number of nitrogens with zero attached hydrogens (tertiary/aromatic N) is 2. The van der Waals surface area contributed by atoms with Crippen molar-refractivity contribution in [1.82, 2.24) is 20.4 Å². The summed E-state index contributed by atoms with van der Waals surface area (Å²) in [5.74, 6) is -6.93. The van der Waals surface area contributed by atoms with Crippen molar-refractivity contribution < 1.29 is 68.1 Å². The van der Waals surface area contributed by atoms with Crippen LogP contribution in [0.3, 0.4) is 0 Å². The van der Waals surface area contributed by atoms with Gasteiger partial charge >= 0.3 is 23.9 Å². The minimum atomic E-state index is -1.55. The molecule has 1 fully saturated rings. The van der Waals surface area contributed by atoms with Gasteiger partial charge in [-0.05, 0) is 0 Å². The molecule has 0 aromatic rings. The van der Waals surface area contributed by atoms with E-state index in [-0.39, 0.29) is 65.9 Å². The van der Waals surface area contributed by atoms with Crippen LogP contribution in [0, 0.1) is 0 Å². The summed E-state index contributed by atoms with van der Waals surface area (Å²) < 4.78 is 22.2. The molecule has 1 rings (SSSR count). The summed E-state index contributed by atoms with van der Waals surface area (Å²) in [6, 6.07) is -3.11. The lowest BCUT2D eigenvalue weighted by molar-refractivity contribution is -0.147. The van der Waals surface area contributed by atoms with Gasteiger partial charge < -0.3 is 50.0 Å². The third kappa shape index (κ3) is 18.1.